The van der Waals surface area contributed by atoms with Crippen LogP contribution < -0.4 is 10.1 Å². The van der Waals surface area contributed by atoms with Crippen molar-refractivity contribution in [3.05, 3.63) is 54.6 Å². The fourth-order valence-electron chi connectivity index (χ4n) is 2.90. The summed E-state index contributed by atoms with van der Waals surface area (Å²) >= 11 is 0. The van der Waals surface area contributed by atoms with Gasteiger partial charge in [0.1, 0.15) is 5.75 Å². The van der Waals surface area contributed by atoms with Crippen molar-refractivity contribution in [3.63, 3.8) is 0 Å². The summed E-state index contributed by atoms with van der Waals surface area (Å²) in [5.41, 5.74) is 1.08. The molecule has 0 bridgehead atoms. The molecule has 1 aliphatic rings. The lowest BCUT2D eigenvalue weighted by Gasteiger charge is -2.32. The van der Waals surface area contributed by atoms with E-state index in [1.54, 1.807) is 0 Å². The Kier molecular flexibility index (Phi) is 4.96. The zero-order valence-electron chi connectivity index (χ0n) is 13.2. The standard InChI is InChI=1S/C19H24N2O/c1-2-21-14-12-16(13-15-21)20-18-10-6-7-11-19(18)22-17-8-4-3-5-9-17/h3-11,16,20H,2,12-15H2,1H3. The zero-order valence-corrected chi connectivity index (χ0v) is 13.2. The number of piperidine rings is 1. The smallest absolute Gasteiger partial charge is 0.150 e. The number of nitrogens with one attached hydrogen (secondary N) is 1. The third-order valence-corrected chi connectivity index (χ3v) is 4.25. The Balaban J connectivity index is 1.67. The van der Waals surface area contributed by atoms with Gasteiger partial charge in [-0.25, -0.2) is 0 Å². The number of hydrogen-bond acceptors (Lipinski definition) is 3. The maximum atomic E-state index is 6.02. The van der Waals surface area contributed by atoms with Gasteiger partial charge in [-0.1, -0.05) is 37.3 Å². The van der Waals surface area contributed by atoms with Crippen LogP contribution >= 0.6 is 0 Å². The zero-order chi connectivity index (χ0) is 15.2. The molecule has 0 radical (unpaired) electrons. The van der Waals surface area contributed by atoms with E-state index in [-0.39, 0.29) is 0 Å². The second-order valence-electron chi connectivity index (χ2n) is 5.76. The Hall–Kier alpha value is -2.00. The lowest BCUT2D eigenvalue weighted by molar-refractivity contribution is 0.229. The van der Waals surface area contributed by atoms with E-state index in [9.17, 15) is 0 Å². The third kappa shape index (κ3) is 3.80. The average molecular weight is 296 g/mol. The molecule has 0 amide bonds. The molecule has 3 rings (SSSR count). The molecule has 3 nitrogen and oxygen atoms in total. The number of likely N-dealkylation sites (tertiary alicyclic amines) is 1. The van der Waals surface area contributed by atoms with E-state index in [4.69, 9.17) is 4.74 Å². The Morgan fingerprint density at radius 3 is 2.41 bits per heavy atom. The molecule has 1 fully saturated rings. The van der Waals surface area contributed by atoms with Crippen LogP contribution in [0.4, 0.5) is 5.69 Å². The van der Waals surface area contributed by atoms with Crippen LogP contribution in [0.15, 0.2) is 54.6 Å². The summed E-state index contributed by atoms with van der Waals surface area (Å²) in [5.74, 6) is 1.77. The summed E-state index contributed by atoms with van der Waals surface area (Å²) in [6.07, 6.45) is 2.38. The van der Waals surface area contributed by atoms with Gasteiger partial charge in [-0.15, -0.1) is 0 Å². The highest BCUT2D eigenvalue weighted by Gasteiger charge is 2.18. The molecule has 22 heavy (non-hydrogen) atoms. The van der Waals surface area contributed by atoms with Crippen molar-refractivity contribution >= 4 is 5.69 Å². The van der Waals surface area contributed by atoms with Crippen LogP contribution in [0.25, 0.3) is 0 Å². The first-order valence-corrected chi connectivity index (χ1v) is 8.16. The predicted octanol–water partition coefficient (Wildman–Crippen LogP) is 4.38. The molecule has 0 aromatic heterocycles. The van der Waals surface area contributed by atoms with Crippen molar-refractivity contribution in [3.8, 4) is 11.5 Å². The number of ether oxygens (including phenoxy) is 1. The fraction of sp³-hybridized carbons (Fsp3) is 0.368. The topological polar surface area (TPSA) is 24.5 Å². The lowest BCUT2D eigenvalue weighted by Crippen LogP contribution is -2.38. The summed E-state index contributed by atoms with van der Waals surface area (Å²) < 4.78 is 6.02. The molecule has 2 aromatic rings. The molecular formula is C19H24N2O. The van der Waals surface area contributed by atoms with E-state index in [0.29, 0.717) is 6.04 Å². The Bertz CT molecular complexity index is 577. The fourth-order valence-corrected chi connectivity index (χ4v) is 2.90. The molecule has 1 heterocycles. The molecule has 1 N–H and O–H groups in total. The van der Waals surface area contributed by atoms with Crippen LogP contribution in [-0.4, -0.2) is 30.6 Å². The van der Waals surface area contributed by atoms with Crippen molar-refractivity contribution in [1.29, 1.82) is 0 Å². The van der Waals surface area contributed by atoms with Gasteiger partial charge in [-0.2, -0.15) is 0 Å². The molecule has 0 atom stereocenters. The van der Waals surface area contributed by atoms with E-state index < -0.39 is 0 Å². The largest absolute Gasteiger partial charge is 0.455 e. The van der Waals surface area contributed by atoms with Crippen LogP contribution in [0, 0.1) is 0 Å². The summed E-state index contributed by atoms with van der Waals surface area (Å²) in [7, 11) is 0. The Morgan fingerprint density at radius 2 is 1.68 bits per heavy atom. The molecule has 0 saturated carbocycles. The quantitative estimate of drug-likeness (QED) is 0.886. The van der Waals surface area contributed by atoms with E-state index >= 15 is 0 Å². The van der Waals surface area contributed by atoms with Crippen molar-refractivity contribution in [2.24, 2.45) is 0 Å². The van der Waals surface area contributed by atoms with Gasteiger partial charge in [0.25, 0.3) is 0 Å². The van der Waals surface area contributed by atoms with Gasteiger partial charge in [-0.05, 0) is 43.7 Å². The van der Waals surface area contributed by atoms with Crippen LogP contribution in [0.3, 0.4) is 0 Å². The first-order chi connectivity index (χ1) is 10.8. The first-order valence-electron chi connectivity index (χ1n) is 8.16. The summed E-state index contributed by atoms with van der Waals surface area (Å²) in [4.78, 5) is 2.50. The Labute approximate surface area is 132 Å². The molecule has 0 spiro atoms. The number of anilines is 1. The number of para-hydroxylation sites is 3. The van der Waals surface area contributed by atoms with Gasteiger partial charge < -0.3 is 15.0 Å². The number of hydrogen-bond donors (Lipinski definition) is 1. The monoisotopic (exact) mass is 296 g/mol. The molecule has 116 valence electrons. The minimum atomic E-state index is 0.531. The van der Waals surface area contributed by atoms with E-state index in [2.05, 4.69) is 29.3 Å². The van der Waals surface area contributed by atoms with Crippen molar-refractivity contribution in [1.82, 2.24) is 4.90 Å². The highest BCUT2D eigenvalue weighted by Crippen LogP contribution is 2.30. The lowest BCUT2D eigenvalue weighted by atomic mass is 10.0. The highest BCUT2D eigenvalue weighted by molar-refractivity contribution is 5.58. The van der Waals surface area contributed by atoms with Crippen LogP contribution in [0.1, 0.15) is 19.8 Å². The van der Waals surface area contributed by atoms with Crippen LogP contribution in [0.5, 0.6) is 11.5 Å². The molecule has 1 aliphatic heterocycles. The number of nitrogens with zero attached hydrogens (tertiary/aromatic N) is 1. The van der Waals surface area contributed by atoms with Gasteiger partial charge in [0, 0.05) is 19.1 Å². The van der Waals surface area contributed by atoms with Gasteiger partial charge in [-0.3, -0.25) is 0 Å². The second-order valence-corrected chi connectivity index (χ2v) is 5.76. The summed E-state index contributed by atoms with van der Waals surface area (Å²) in [6.45, 7) is 5.74. The van der Waals surface area contributed by atoms with E-state index in [1.807, 2.05) is 42.5 Å². The molecule has 1 saturated heterocycles. The summed E-state index contributed by atoms with van der Waals surface area (Å²) in [5, 5.41) is 3.66. The maximum absolute atomic E-state index is 6.02. The highest BCUT2D eigenvalue weighted by atomic mass is 16.5. The van der Waals surface area contributed by atoms with Gasteiger partial charge in [0.15, 0.2) is 5.75 Å². The average Bonchev–Trinajstić information content (AvgIpc) is 2.58. The van der Waals surface area contributed by atoms with Crippen molar-refractivity contribution < 1.29 is 4.74 Å². The second kappa shape index (κ2) is 7.32. The maximum Gasteiger partial charge on any atom is 0.150 e. The minimum Gasteiger partial charge on any atom is -0.455 e. The minimum absolute atomic E-state index is 0.531. The van der Waals surface area contributed by atoms with Gasteiger partial charge in [0.2, 0.25) is 0 Å². The molecule has 2 aromatic carbocycles. The van der Waals surface area contributed by atoms with Crippen LogP contribution in [-0.2, 0) is 0 Å². The van der Waals surface area contributed by atoms with Gasteiger partial charge in [0.05, 0.1) is 5.69 Å². The molecule has 3 heteroatoms. The summed E-state index contributed by atoms with van der Waals surface area (Å²) in [6, 6.07) is 18.7. The Morgan fingerprint density at radius 1 is 1.00 bits per heavy atom. The molecular weight excluding hydrogens is 272 g/mol. The normalized spacial score (nSPS) is 16.4. The predicted molar refractivity (Wildman–Crippen MR) is 91.7 cm³/mol. The van der Waals surface area contributed by atoms with E-state index in [1.165, 1.54) is 25.9 Å². The SMILES string of the molecule is CCN1CCC(Nc2ccccc2Oc2ccccc2)CC1. The van der Waals surface area contributed by atoms with Crippen molar-refractivity contribution in [2.75, 3.05) is 25.0 Å². The van der Waals surface area contributed by atoms with Crippen LogP contribution in [0.2, 0.25) is 0 Å². The third-order valence-electron chi connectivity index (χ3n) is 4.25. The number of benzene rings is 2. The number of rotatable bonds is 5. The van der Waals surface area contributed by atoms with E-state index in [0.717, 1.165) is 23.7 Å². The van der Waals surface area contributed by atoms with Crippen molar-refractivity contribution in [2.45, 2.75) is 25.8 Å². The van der Waals surface area contributed by atoms with Gasteiger partial charge >= 0.3 is 0 Å². The molecule has 0 aliphatic carbocycles. The first kappa shape index (κ1) is 14.9. The molecule has 0 unspecified atom stereocenters.